The number of benzene rings is 1. The Balaban J connectivity index is 1.72. The van der Waals surface area contributed by atoms with E-state index in [-0.39, 0.29) is 6.10 Å². The summed E-state index contributed by atoms with van der Waals surface area (Å²) in [5, 5.41) is 10.8. The zero-order valence-electron chi connectivity index (χ0n) is 10.6. The Bertz CT molecular complexity index is 361. The summed E-state index contributed by atoms with van der Waals surface area (Å²) in [6.45, 7) is 0.884. The normalized spacial score (nSPS) is 21.8. The van der Waals surface area contributed by atoms with Crippen molar-refractivity contribution < 1.29 is 9.84 Å². The molecule has 2 unspecified atom stereocenters. The van der Waals surface area contributed by atoms with Crippen LogP contribution in [0.5, 0.6) is 0 Å². The molecule has 2 nitrogen and oxygen atoms in total. The maximum absolute atomic E-state index is 10.0. The standard InChI is InChI=1S/C15H21ClO2/c16-13-5-3-4-12(10-13)11-14(17)7-8-15-6-1-2-9-18-15/h3-5,10,14-15,17H,1-2,6-9,11H2. The predicted octanol–water partition coefficient (Wildman–Crippen LogP) is 3.59. The zero-order chi connectivity index (χ0) is 12.8. The fourth-order valence-electron chi connectivity index (χ4n) is 2.45. The molecule has 1 aliphatic rings. The minimum Gasteiger partial charge on any atom is -0.393 e. The van der Waals surface area contributed by atoms with Gasteiger partial charge in [-0.1, -0.05) is 23.7 Å². The van der Waals surface area contributed by atoms with E-state index in [1.165, 1.54) is 12.8 Å². The Morgan fingerprint density at radius 2 is 2.28 bits per heavy atom. The van der Waals surface area contributed by atoms with Crippen LogP contribution in [-0.2, 0) is 11.2 Å². The fraction of sp³-hybridized carbons (Fsp3) is 0.600. The molecule has 1 fully saturated rings. The SMILES string of the molecule is OC(CCC1CCCCO1)Cc1cccc(Cl)c1. The summed E-state index contributed by atoms with van der Waals surface area (Å²) in [4.78, 5) is 0. The van der Waals surface area contributed by atoms with E-state index in [4.69, 9.17) is 16.3 Å². The molecule has 1 saturated heterocycles. The summed E-state index contributed by atoms with van der Waals surface area (Å²) in [7, 11) is 0. The Kier molecular flexibility index (Phi) is 5.48. The lowest BCUT2D eigenvalue weighted by atomic mass is 9.99. The van der Waals surface area contributed by atoms with Crippen molar-refractivity contribution in [2.75, 3.05) is 6.61 Å². The van der Waals surface area contributed by atoms with E-state index >= 15 is 0 Å². The molecule has 1 heterocycles. The summed E-state index contributed by atoms with van der Waals surface area (Å²) >= 11 is 5.93. The van der Waals surface area contributed by atoms with Gasteiger partial charge in [-0.15, -0.1) is 0 Å². The average molecular weight is 269 g/mol. The molecular formula is C15H21ClO2. The quantitative estimate of drug-likeness (QED) is 0.884. The van der Waals surface area contributed by atoms with Crippen molar-refractivity contribution >= 4 is 11.6 Å². The maximum Gasteiger partial charge on any atom is 0.0581 e. The molecule has 0 aromatic heterocycles. The first-order valence-electron chi connectivity index (χ1n) is 6.78. The summed E-state index contributed by atoms with van der Waals surface area (Å²) in [6, 6.07) is 7.70. The maximum atomic E-state index is 10.0. The first kappa shape index (κ1) is 13.9. The van der Waals surface area contributed by atoms with Crippen LogP contribution in [-0.4, -0.2) is 23.9 Å². The lowest BCUT2D eigenvalue weighted by molar-refractivity contribution is 0.00234. The van der Waals surface area contributed by atoms with Crippen LogP contribution in [0.4, 0.5) is 0 Å². The second-order valence-electron chi connectivity index (χ2n) is 5.05. The van der Waals surface area contributed by atoms with Gasteiger partial charge in [0.2, 0.25) is 0 Å². The monoisotopic (exact) mass is 268 g/mol. The van der Waals surface area contributed by atoms with Crippen LogP contribution in [0, 0.1) is 0 Å². The molecule has 18 heavy (non-hydrogen) atoms. The number of ether oxygens (including phenoxy) is 1. The van der Waals surface area contributed by atoms with Crippen LogP contribution >= 0.6 is 11.6 Å². The molecule has 0 spiro atoms. The van der Waals surface area contributed by atoms with E-state index in [1.54, 1.807) is 0 Å². The summed E-state index contributed by atoms with van der Waals surface area (Å²) in [5.41, 5.74) is 1.10. The third kappa shape index (κ3) is 4.60. The molecule has 1 aromatic carbocycles. The van der Waals surface area contributed by atoms with Crippen LogP contribution in [0.25, 0.3) is 0 Å². The second-order valence-corrected chi connectivity index (χ2v) is 5.49. The lowest BCUT2D eigenvalue weighted by Gasteiger charge is -2.23. The minimum absolute atomic E-state index is 0.297. The number of aliphatic hydroxyl groups is 1. The number of halogens is 1. The molecule has 0 saturated carbocycles. The molecular weight excluding hydrogens is 248 g/mol. The third-order valence-electron chi connectivity index (χ3n) is 3.46. The second kappa shape index (κ2) is 7.13. The van der Waals surface area contributed by atoms with Crippen molar-refractivity contribution in [2.24, 2.45) is 0 Å². The van der Waals surface area contributed by atoms with Gasteiger partial charge in [0.05, 0.1) is 12.2 Å². The molecule has 1 aliphatic heterocycles. The molecule has 0 amide bonds. The molecule has 0 radical (unpaired) electrons. The van der Waals surface area contributed by atoms with Gasteiger partial charge in [0.25, 0.3) is 0 Å². The van der Waals surface area contributed by atoms with Gasteiger partial charge in [-0.05, 0) is 56.2 Å². The van der Waals surface area contributed by atoms with E-state index in [9.17, 15) is 5.11 Å². The van der Waals surface area contributed by atoms with E-state index in [1.807, 2.05) is 24.3 Å². The van der Waals surface area contributed by atoms with Gasteiger partial charge >= 0.3 is 0 Å². The van der Waals surface area contributed by atoms with Gasteiger partial charge in [0, 0.05) is 11.6 Å². The van der Waals surface area contributed by atoms with Crippen molar-refractivity contribution in [3.05, 3.63) is 34.9 Å². The molecule has 2 rings (SSSR count). The van der Waals surface area contributed by atoms with Crippen LogP contribution < -0.4 is 0 Å². The van der Waals surface area contributed by atoms with Crippen LogP contribution in [0.1, 0.15) is 37.7 Å². The molecule has 100 valence electrons. The largest absolute Gasteiger partial charge is 0.393 e. The number of hydrogen-bond donors (Lipinski definition) is 1. The van der Waals surface area contributed by atoms with Gasteiger partial charge < -0.3 is 9.84 Å². The van der Waals surface area contributed by atoms with Crippen LogP contribution in [0.3, 0.4) is 0 Å². The van der Waals surface area contributed by atoms with E-state index in [0.29, 0.717) is 12.5 Å². The summed E-state index contributed by atoms with van der Waals surface area (Å²) in [6.07, 6.45) is 6.08. The number of aliphatic hydroxyl groups excluding tert-OH is 1. The zero-order valence-corrected chi connectivity index (χ0v) is 11.4. The van der Waals surface area contributed by atoms with Gasteiger partial charge in [-0.3, -0.25) is 0 Å². The Labute approximate surface area is 114 Å². The van der Waals surface area contributed by atoms with Crippen LogP contribution in [0.15, 0.2) is 24.3 Å². The first-order chi connectivity index (χ1) is 8.74. The highest BCUT2D eigenvalue weighted by Gasteiger charge is 2.15. The van der Waals surface area contributed by atoms with Crippen molar-refractivity contribution in [3.63, 3.8) is 0 Å². The molecule has 0 bridgehead atoms. The number of rotatable bonds is 5. The van der Waals surface area contributed by atoms with Crippen molar-refractivity contribution in [3.8, 4) is 0 Å². The third-order valence-corrected chi connectivity index (χ3v) is 3.69. The smallest absolute Gasteiger partial charge is 0.0581 e. The van der Waals surface area contributed by atoms with Gasteiger partial charge in [-0.2, -0.15) is 0 Å². The van der Waals surface area contributed by atoms with Gasteiger partial charge in [-0.25, -0.2) is 0 Å². The molecule has 1 aromatic rings. The van der Waals surface area contributed by atoms with Gasteiger partial charge in [0.1, 0.15) is 0 Å². The van der Waals surface area contributed by atoms with Gasteiger partial charge in [0.15, 0.2) is 0 Å². The highest BCUT2D eigenvalue weighted by atomic mass is 35.5. The van der Waals surface area contributed by atoms with Crippen molar-refractivity contribution in [1.29, 1.82) is 0 Å². The fourth-order valence-corrected chi connectivity index (χ4v) is 2.66. The lowest BCUT2D eigenvalue weighted by Crippen LogP contribution is -2.21. The first-order valence-corrected chi connectivity index (χ1v) is 7.16. The van der Waals surface area contributed by atoms with Crippen molar-refractivity contribution in [2.45, 2.75) is 50.7 Å². The molecule has 1 N–H and O–H groups in total. The van der Waals surface area contributed by atoms with E-state index < -0.39 is 0 Å². The highest BCUT2D eigenvalue weighted by molar-refractivity contribution is 6.30. The number of hydrogen-bond acceptors (Lipinski definition) is 2. The topological polar surface area (TPSA) is 29.5 Å². The van der Waals surface area contributed by atoms with E-state index in [2.05, 4.69) is 0 Å². The summed E-state index contributed by atoms with van der Waals surface area (Å²) < 4.78 is 5.67. The summed E-state index contributed by atoms with van der Waals surface area (Å²) in [5.74, 6) is 0. The highest BCUT2D eigenvalue weighted by Crippen LogP contribution is 2.19. The Morgan fingerprint density at radius 1 is 1.39 bits per heavy atom. The van der Waals surface area contributed by atoms with Crippen molar-refractivity contribution in [1.82, 2.24) is 0 Å². The molecule has 0 aliphatic carbocycles. The Hall–Kier alpha value is -0.570. The van der Waals surface area contributed by atoms with Crippen LogP contribution in [0.2, 0.25) is 5.02 Å². The van der Waals surface area contributed by atoms with E-state index in [0.717, 1.165) is 36.5 Å². The molecule has 2 atom stereocenters. The predicted molar refractivity (Wildman–Crippen MR) is 74.0 cm³/mol. The minimum atomic E-state index is -0.297. The average Bonchev–Trinajstić information content (AvgIpc) is 2.38. The molecule has 3 heteroatoms. The Morgan fingerprint density at radius 3 is 3.00 bits per heavy atom.